The fraction of sp³-hybridized carbons (Fsp3) is 0.137. The Morgan fingerprint density at radius 3 is 2.11 bits per heavy atom. The van der Waals surface area contributed by atoms with Crippen molar-refractivity contribution in [3.63, 3.8) is 0 Å². The monoisotopic (exact) mass is 682 g/mol. The Morgan fingerprint density at radius 1 is 0.566 bits per heavy atom. The molecule has 3 aliphatic rings. The van der Waals surface area contributed by atoms with Crippen LogP contribution in [0.25, 0.3) is 49.6 Å². The van der Waals surface area contributed by atoms with Crippen molar-refractivity contribution in [1.29, 1.82) is 0 Å². The van der Waals surface area contributed by atoms with Crippen LogP contribution in [0.2, 0.25) is 0 Å². The van der Waals surface area contributed by atoms with Crippen molar-refractivity contribution in [2.75, 3.05) is 4.90 Å². The highest BCUT2D eigenvalue weighted by molar-refractivity contribution is 6.09. The van der Waals surface area contributed by atoms with Crippen LogP contribution in [0.3, 0.4) is 0 Å². The molecule has 0 fully saturated rings. The summed E-state index contributed by atoms with van der Waals surface area (Å²) in [5, 5.41) is 2.62. The molecule has 2 nitrogen and oxygen atoms in total. The lowest BCUT2D eigenvalue weighted by Gasteiger charge is -2.31. The Bertz CT molecular complexity index is 2660. The molecule has 0 N–H and O–H groups in total. The molecular weight excluding hydrogens is 641 g/mol. The average Bonchev–Trinajstić information content (AvgIpc) is 3.67. The fourth-order valence-corrected chi connectivity index (χ4v) is 9.12. The molecule has 0 spiro atoms. The van der Waals surface area contributed by atoms with Gasteiger partial charge in [-0.25, -0.2) is 0 Å². The Balaban J connectivity index is 1.05. The van der Waals surface area contributed by atoms with Crippen molar-refractivity contribution in [1.82, 2.24) is 4.57 Å². The molecular formula is C51H42N2. The Kier molecular flexibility index (Phi) is 7.47. The van der Waals surface area contributed by atoms with Crippen LogP contribution in [0.5, 0.6) is 0 Å². The zero-order valence-electron chi connectivity index (χ0n) is 30.3. The lowest BCUT2D eigenvalue weighted by atomic mass is 9.82. The molecule has 1 atom stereocenters. The van der Waals surface area contributed by atoms with Gasteiger partial charge in [-0.3, -0.25) is 0 Å². The van der Waals surface area contributed by atoms with Gasteiger partial charge in [-0.2, -0.15) is 0 Å². The van der Waals surface area contributed by atoms with Gasteiger partial charge < -0.3 is 9.47 Å². The first-order chi connectivity index (χ1) is 26.0. The molecule has 0 saturated heterocycles. The zero-order chi connectivity index (χ0) is 35.5. The third-order valence-corrected chi connectivity index (χ3v) is 11.8. The lowest BCUT2D eigenvalue weighted by Crippen LogP contribution is -2.20. The summed E-state index contributed by atoms with van der Waals surface area (Å²) in [7, 11) is 0. The van der Waals surface area contributed by atoms with Crippen molar-refractivity contribution in [2.45, 2.75) is 44.6 Å². The molecule has 1 unspecified atom stereocenters. The molecule has 1 heterocycles. The van der Waals surface area contributed by atoms with Gasteiger partial charge in [0.25, 0.3) is 0 Å². The second kappa shape index (κ2) is 12.5. The van der Waals surface area contributed by atoms with Gasteiger partial charge in [-0.1, -0.05) is 141 Å². The van der Waals surface area contributed by atoms with Gasteiger partial charge in [0.15, 0.2) is 0 Å². The maximum Gasteiger partial charge on any atom is 0.0560 e. The maximum absolute atomic E-state index is 2.52. The second-order valence-corrected chi connectivity index (χ2v) is 15.2. The number of aromatic nitrogens is 1. The summed E-state index contributed by atoms with van der Waals surface area (Å²) in [6.45, 7) is 4.74. The molecule has 3 aliphatic carbocycles. The third-order valence-electron chi connectivity index (χ3n) is 11.8. The number of anilines is 2. The number of hydrogen-bond donors (Lipinski definition) is 0. The largest absolute Gasteiger partial charge is 0.333 e. The van der Waals surface area contributed by atoms with E-state index in [2.05, 4.69) is 199 Å². The van der Waals surface area contributed by atoms with Crippen LogP contribution in [0.4, 0.5) is 11.4 Å². The molecule has 0 bridgehead atoms. The lowest BCUT2D eigenvalue weighted by molar-refractivity contribution is 0.648. The van der Waals surface area contributed by atoms with Gasteiger partial charge in [0.1, 0.15) is 0 Å². The van der Waals surface area contributed by atoms with Gasteiger partial charge in [-0.15, -0.1) is 0 Å². The number of fused-ring (bicyclic) bond motifs is 6. The maximum atomic E-state index is 2.52. The third kappa shape index (κ3) is 5.24. The standard InChI is InChI=1S/C51H42N2/c1-51(2)47-19-11-9-17-43(47)44-31-30-42(34-48(44)51)52(40-26-21-36(22-27-40)35-13-5-3-6-14-35)41-28-23-37(24-29-41)38-25-32-50-46(33-38)45-18-10-12-20-49(45)53(50)39-15-7-4-8-16-39/h3-15,17-21,23-26,28-34,39H,16,22,27H2,1-2H3. The number of allylic oxidation sites excluding steroid dienone is 8. The van der Waals surface area contributed by atoms with E-state index in [4.69, 9.17) is 0 Å². The number of para-hydroxylation sites is 1. The van der Waals surface area contributed by atoms with E-state index in [-0.39, 0.29) is 5.41 Å². The summed E-state index contributed by atoms with van der Waals surface area (Å²) in [5.74, 6) is 0. The molecule has 0 aliphatic heterocycles. The fourth-order valence-electron chi connectivity index (χ4n) is 9.12. The molecule has 1 aromatic heterocycles. The molecule has 6 aromatic carbocycles. The number of hydrogen-bond acceptors (Lipinski definition) is 1. The highest BCUT2D eigenvalue weighted by Gasteiger charge is 2.36. The van der Waals surface area contributed by atoms with E-state index >= 15 is 0 Å². The molecule has 2 heteroatoms. The zero-order valence-corrected chi connectivity index (χ0v) is 30.3. The topological polar surface area (TPSA) is 8.17 Å². The molecule has 0 amide bonds. The van der Waals surface area contributed by atoms with Gasteiger partial charge in [0, 0.05) is 44.3 Å². The predicted octanol–water partition coefficient (Wildman–Crippen LogP) is 13.7. The Labute approximate surface area is 312 Å². The van der Waals surface area contributed by atoms with Gasteiger partial charge in [0.05, 0.1) is 6.04 Å². The van der Waals surface area contributed by atoms with Crippen molar-refractivity contribution in [3.8, 4) is 22.3 Å². The SMILES string of the molecule is CC1(C)c2ccccc2-c2ccc(N(C3=CC=C(c4ccccc4)CC3)c3ccc(-c4ccc5c(c4)c4ccccc4n5C4C=CC=CC4)cc3)cc21. The molecule has 0 radical (unpaired) electrons. The van der Waals surface area contributed by atoms with E-state index in [1.165, 1.54) is 83.4 Å². The average molecular weight is 683 g/mol. The second-order valence-electron chi connectivity index (χ2n) is 15.2. The summed E-state index contributed by atoms with van der Waals surface area (Å²) in [6.07, 6.45) is 16.6. The predicted molar refractivity (Wildman–Crippen MR) is 225 cm³/mol. The van der Waals surface area contributed by atoms with E-state index in [1.807, 2.05) is 0 Å². The highest BCUT2D eigenvalue weighted by atomic mass is 15.1. The van der Waals surface area contributed by atoms with E-state index in [9.17, 15) is 0 Å². The first kappa shape index (κ1) is 31.6. The van der Waals surface area contributed by atoms with E-state index < -0.39 is 0 Å². The van der Waals surface area contributed by atoms with Gasteiger partial charge in [0.2, 0.25) is 0 Å². The minimum absolute atomic E-state index is 0.0649. The van der Waals surface area contributed by atoms with Crippen molar-refractivity contribution in [3.05, 3.63) is 198 Å². The van der Waals surface area contributed by atoms with Crippen LogP contribution < -0.4 is 4.90 Å². The summed E-state index contributed by atoms with van der Waals surface area (Å²) < 4.78 is 2.52. The number of rotatable bonds is 6. The molecule has 256 valence electrons. The van der Waals surface area contributed by atoms with E-state index in [0.29, 0.717) is 6.04 Å². The number of benzene rings is 6. The summed E-state index contributed by atoms with van der Waals surface area (Å²) >= 11 is 0. The van der Waals surface area contributed by atoms with Crippen LogP contribution in [-0.4, -0.2) is 4.57 Å². The summed E-state index contributed by atoms with van der Waals surface area (Å²) in [6, 6.07) is 52.3. The van der Waals surface area contributed by atoms with Crippen LogP contribution in [0, 0.1) is 0 Å². The minimum atomic E-state index is -0.0649. The molecule has 0 saturated carbocycles. The van der Waals surface area contributed by atoms with Crippen LogP contribution in [0.1, 0.15) is 55.8 Å². The quantitative estimate of drug-likeness (QED) is 0.169. The first-order valence-electron chi connectivity index (χ1n) is 19.0. The van der Waals surface area contributed by atoms with Crippen molar-refractivity contribution in [2.24, 2.45) is 0 Å². The Hall–Kier alpha value is -6.12. The van der Waals surface area contributed by atoms with Gasteiger partial charge >= 0.3 is 0 Å². The van der Waals surface area contributed by atoms with Crippen LogP contribution >= 0.6 is 0 Å². The van der Waals surface area contributed by atoms with E-state index in [0.717, 1.165) is 19.3 Å². The van der Waals surface area contributed by atoms with Crippen molar-refractivity contribution < 1.29 is 0 Å². The molecule has 7 aromatic rings. The minimum Gasteiger partial charge on any atom is -0.333 e. The van der Waals surface area contributed by atoms with Crippen LogP contribution in [0.15, 0.2) is 182 Å². The van der Waals surface area contributed by atoms with Crippen molar-refractivity contribution >= 4 is 38.8 Å². The van der Waals surface area contributed by atoms with Gasteiger partial charge in [-0.05, 0) is 112 Å². The summed E-state index contributed by atoms with van der Waals surface area (Å²) in [4.78, 5) is 2.49. The smallest absolute Gasteiger partial charge is 0.0560 e. The van der Waals surface area contributed by atoms with E-state index in [1.54, 1.807) is 0 Å². The number of nitrogens with zero attached hydrogens (tertiary/aromatic N) is 2. The van der Waals surface area contributed by atoms with Crippen LogP contribution in [-0.2, 0) is 5.41 Å². The molecule has 53 heavy (non-hydrogen) atoms. The normalized spacial score (nSPS) is 17.1. The molecule has 10 rings (SSSR count). The Morgan fingerprint density at radius 2 is 1.30 bits per heavy atom. The highest BCUT2D eigenvalue weighted by Crippen LogP contribution is 2.50. The summed E-state index contributed by atoms with van der Waals surface area (Å²) in [5.41, 5.74) is 16.9. The first-order valence-corrected chi connectivity index (χ1v) is 19.0.